The number of nitrogens with one attached hydrogen (secondary N) is 2. The normalized spacial score (nSPS) is 17.9. The predicted octanol–water partition coefficient (Wildman–Crippen LogP) is 3.09. The van der Waals surface area contributed by atoms with Gasteiger partial charge in [0.2, 0.25) is 5.91 Å². The van der Waals surface area contributed by atoms with Crippen molar-refractivity contribution in [2.45, 2.75) is 32.6 Å². The van der Waals surface area contributed by atoms with Crippen LogP contribution in [0.2, 0.25) is 4.34 Å². The maximum absolute atomic E-state index is 11.9. The summed E-state index contributed by atoms with van der Waals surface area (Å²) in [5.74, 6) is 1.35. The van der Waals surface area contributed by atoms with Gasteiger partial charge in [-0.15, -0.1) is 11.3 Å². The molecule has 1 aliphatic rings. The Morgan fingerprint density at radius 3 is 2.90 bits per heavy atom. The first kappa shape index (κ1) is 15.8. The molecule has 3 nitrogen and oxygen atoms in total. The molecule has 0 aromatic carbocycles. The Bertz CT molecular complexity index is 429. The van der Waals surface area contributed by atoms with Gasteiger partial charge in [0, 0.05) is 17.8 Å². The average molecular weight is 315 g/mol. The zero-order valence-electron chi connectivity index (χ0n) is 12.0. The summed E-state index contributed by atoms with van der Waals surface area (Å²) in [6.07, 6.45) is 3.91. The third-order valence-corrected chi connectivity index (χ3v) is 5.31. The Labute approximate surface area is 130 Å². The van der Waals surface area contributed by atoms with E-state index in [0.29, 0.717) is 24.8 Å². The smallest absolute Gasteiger partial charge is 0.220 e. The predicted molar refractivity (Wildman–Crippen MR) is 85.4 cm³/mol. The summed E-state index contributed by atoms with van der Waals surface area (Å²) in [5.41, 5.74) is 0. The molecule has 20 heavy (non-hydrogen) atoms. The number of amides is 1. The van der Waals surface area contributed by atoms with Crippen LogP contribution in [0.15, 0.2) is 12.1 Å². The molecule has 0 aliphatic carbocycles. The zero-order valence-corrected chi connectivity index (χ0v) is 13.5. The minimum atomic E-state index is 0.179. The lowest BCUT2D eigenvalue weighted by molar-refractivity contribution is -0.122. The number of thiophene rings is 1. The van der Waals surface area contributed by atoms with E-state index in [9.17, 15) is 4.79 Å². The monoisotopic (exact) mass is 314 g/mol. The van der Waals surface area contributed by atoms with E-state index in [1.54, 1.807) is 11.3 Å². The highest BCUT2D eigenvalue weighted by Crippen LogP contribution is 2.24. The first-order valence-corrected chi connectivity index (χ1v) is 8.56. The number of hydrogen-bond acceptors (Lipinski definition) is 3. The quantitative estimate of drug-likeness (QED) is 0.847. The molecule has 1 amide bonds. The molecule has 2 N–H and O–H groups in total. The molecular weight excluding hydrogens is 292 g/mol. The average Bonchev–Trinajstić information content (AvgIpc) is 2.85. The van der Waals surface area contributed by atoms with Crippen molar-refractivity contribution in [2.24, 2.45) is 11.8 Å². The van der Waals surface area contributed by atoms with Gasteiger partial charge >= 0.3 is 0 Å². The van der Waals surface area contributed by atoms with Crippen LogP contribution in [0, 0.1) is 11.8 Å². The van der Waals surface area contributed by atoms with E-state index in [-0.39, 0.29) is 5.91 Å². The first-order valence-electron chi connectivity index (χ1n) is 7.37. The van der Waals surface area contributed by atoms with E-state index in [1.165, 1.54) is 17.7 Å². The van der Waals surface area contributed by atoms with Crippen LogP contribution in [0.5, 0.6) is 0 Å². The molecule has 112 valence electrons. The Kier molecular flexibility index (Phi) is 6.33. The van der Waals surface area contributed by atoms with Gasteiger partial charge in [-0.05, 0) is 56.3 Å². The van der Waals surface area contributed by atoms with Crippen LogP contribution in [-0.4, -0.2) is 25.5 Å². The maximum Gasteiger partial charge on any atom is 0.220 e. The lowest BCUT2D eigenvalue weighted by Gasteiger charge is -2.27. The Balaban J connectivity index is 1.64. The molecule has 0 spiro atoms. The molecule has 2 heterocycles. The summed E-state index contributed by atoms with van der Waals surface area (Å²) in [4.78, 5) is 13.2. The van der Waals surface area contributed by atoms with Gasteiger partial charge in [0.1, 0.15) is 0 Å². The Morgan fingerprint density at radius 2 is 2.25 bits per heavy atom. The van der Waals surface area contributed by atoms with Gasteiger partial charge in [-0.2, -0.15) is 0 Å². The molecule has 1 fully saturated rings. The lowest BCUT2D eigenvalue weighted by Crippen LogP contribution is -2.33. The summed E-state index contributed by atoms with van der Waals surface area (Å²) in [7, 11) is 0. The molecule has 5 heteroatoms. The van der Waals surface area contributed by atoms with Gasteiger partial charge in [-0.3, -0.25) is 4.79 Å². The van der Waals surface area contributed by atoms with Gasteiger partial charge in [0.15, 0.2) is 0 Å². The van der Waals surface area contributed by atoms with Crippen LogP contribution >= 0.6 is 22.9 Å². The highest BCUT2D eigenvalue weighted by atomic mass is 35.5. The fourth-order valence-corrected chi connectivity index (χ4v) is 3.84. The first-order chi connectivity index (χ1) is 9.65. The van der Waals surface area contributed by atoms with Crippen LogP contribution in [0.3, 0.4) is 0 Å². The molecule has 0 saturated carbocycles. The van der Waals surface area contributed by atoms with Crippen LogP contribution in [-0.2, 0) is 11.2 Å². The molecule has 1 aromatic heterocycles. The van der Waals surface area contributed by atoms with Crippen molar-refractivity contribution < 1.29 is 4.79 Å². The Morgan fingerprint density at radius 1 is 1.50 bits per heavy atom. The van der Waals surface area contributed by atoms with Crippen molar-refractivity contribution in [3.8, 4) is 0 Å². The lowest BCUT2D eigenvalue weighted by atomic mass is 9.84. The van der Waals surface area contributed by atoms with E-state index in [0.717, 1.165) is 23.8 Å². The molecule has 1 aromatic rings. The summed E-state index contributed by atoms with van der Waals surface area (Å²) in [6.45, 7) is 5.09. The highest BCUT2D eigenvalue weighted by molar-refractivity contribution is 7.16. The van der Waals surface area contributed by atoms with Gasteiger partial charge in [-0.25, -0.2) is 0 Å². The molecule has 1 unspecified atom stereocenters. The van der Waals surface area contributed by atoms with Crippen molar-refractivity contribution >= 4 is 28.8 Å². The molecule has 0 bridgehead atoms. The van der Waals surface area contributed by atoms with Crippen molar-refractivity contribution in [3.63, 3.8) is 0 Å². The SMILES string of the molecule is CC(CC(=O)NCCc1ccc(Cl)s1)C1CCNCC1. The van der Waals surface area contributed by atoms with Crippen LogP contribution in [0.25, 0.3) is 0 Å². The standard InChI is InChI=1S/C15H23ClN2OS/c1-11(12-4-7-17-8-5-12)10-15(19)18-9-6-13-2-3-14(16)20-13/h2-3,11-12,17H,4-10H2,1H3,(H,18,19). The van der Waals surface area contributed by atoms with Crippen molar-refractivity contribution in [1.29, 1.82) is 0 Å². The van der Waals surface area contributed by atoms with E-state index >= 15 is 0 Å². The maximum atomic E-state index is 11.9. The van der Waals surface area contributed by atoms with Crippen molar-refractivity contribution in [3.05, 3.63) is 21.3 Å². The Hall–Kier alpha value is -0.580. The number of piperidine rings is 1. The minimum absolute atomic E-state index is 0.179. The fraction of sp³-hybridized carbons (Fsp3) is 0.667. The zero-order chi connectivity index (χ0) is 14.4. The summed E-state index contributed by atoms with van der Waals surface area (Å²) in [5, 5.41) is 6.39. The number of carbonyl (C=O) groups is 1. The van der Waals surface area contributed by atoms with E-state index in [1.807, 2.05) is 12.1 Å². The highest BCUT2D eigenvalue weighted by Gasteiger charge is 2.21. The summed E-state index contributed by atoms with van der Waals surface area (Å²) < 4.78 is 0.811. The number of rotatable bonds is 6. The summed E-state index contributed by atoms with van der Waals surface area (Å²) >= 11 is 7.47. The molecule has 1 atom stereocenters. The van der Waals surface area contributed by atoms with Crippen LogP contribution < -0.4 is 10.6 Å². The largest absolute Gasteiger partial charge is 0.356 e. The number of hydrogen-bond donors (Lipinski definition) is 2. The molecule has 2 rings (SSSR count). The molecule has 0 radical (unpaired) electrons. The number of carbonyl (C=O) groups excluding carboxylic acids is 1. The van der Waals surface area contributed by atoms with Crippen molar-refractivity contribution in [1.82, 2.24) is 10.6 Å². The van der Waals surface area contributed by atoms with E-state index in [2.05, 4.69) is 17.6 Å². The van der Waals surface area contributed by atoms with Gasteiger partial charge in [0.05, 0.1) is 4.34 Å². The van der Waals surface area contributed by atoms with Gasteiger partial charge < -0.3 is 10.6 Å². The summed E-state index contributed by atoms with van der Waals surface area (Å²) in [6, 6.07) is 3.93. The second-order valence-electron chi connectivity index (χ2n) is 5.57. The molecule has 1 aliphatic heterocycles. The number of halogens is 1. The second-order valence-corrected chi connectivity index (χ2v) is 7.37. The molecule has 1 saturated heterocycles. The van der Waals surface area contributed by atoms with E-state index in [4.69, 9.17) is 11.6 Å². The fourth-order valence-electron chi connectivity index (χ4n) is 2.76. The van der Waals surface area contributed by atoms with Crippen LogP contribution in [0.1, 0.15) is 31.1 Å². The topological polar surface area (TPSA) is 41.1 Å². The van der Waals surface area contributed by atoms with E-state index < -0.39 is 0 Å². The third-order valence-electron chi connectivity index (χ3n) is 4.02. The van der Waals surface area contributed by atoms with Gasteiger partial charge in [-0.1, -0.05) is 18.5 Å². The molecular formula is C15H23ClN2OS. The second kappa shape index (κ2) is 8.01. The minimum Gasteiger partial charge on any atom is -0.356 e. The van der Waals surface area contributed by atoms with Gasteiger partial charge in [0.25, 0.3) is 0 Å². The van der Waals surface area contributed by atoms with Crippen LogP contribution in [0.4, 0.5) is 0 Å². The third kappa shape index (κ3) is 5.08. The van der Waals surface area contributed by atoms with Crippen molar-refractivity contribution in [2.75, 3.05) is 19.6 Å².